The van der Waals surface area contributed by atoms with Crippen molar-refractivity contribution in [2.45, 2.75) is 44.7 Å². The van der Waals surface area contributed by atoms with Crippen LogP contribution in [0.3, 0.4) is 0 Å². The van der Waals surface area contributed by atoms with Gasteiger partial charge < -0.3 is 24.8 Å². The SMILES string of the molecule is CCOC(=O)[C@H]1CCCCC(NC(=O)/C=C/c2cc(Cl)ccc2-n2cnnn2)c2cc(cc[n+]2O)-c2ccc(NC(=O)OCCOC)cc2N1. The average Bonchev–Trinajstić information content (AvgIpc) is 3.63. The second-order valence-corrected chi connectivity index (χ2v) is 11.7. The summed E-state index contributed by atoms with van der Waals surface area (Å²) >= 11 is 6.24. The fourth-order valence-corrected chi connectivity index (χ4v) is 5.68. The van der Waals surface area contributed by atoms with Crippen LogP contribution in [0.2, 0.25) is 5.02 Å². The van der Waals surface area contributed by atoms with E-state index in [4.69, 9.17) is 25.8 Å². The summed E-state index contributed by atoms with van der Waals surface area (Å²) in [7, 11) is 1.51. The highest BCUT2D eigenvalue weighted by atomic mass is 35.5. The first-order valence-corrected chi connectivity index (χ1v) is 16.4. The number of hydrogen-bond acceptors (Lipinski definition) is 11. The van der Waals surface area contributed by atoms with Crippen molar-refractivity contribution in [2.75, 3.05) is 37.6 Å². The van der Waals surface area contributed by atoms with Crippen LogP contribution >= 0.6 is 11.6 Å². The first-order chi connectivity index (χ1) is 24.2. The number of aromatic nitrogens is 5. The molecule has 4 aromatic rings. The molecule has 0 fully saturated rings. The van der Waals surface area contributed by atoms with E-state index in [0.29, 0.717) is 70.2 Å². The van der Waals surface area contributed by atoms with Crippen LogP contribution in [0.1, 0.15) is 49.9 Å². The summed E-state index contributed by atoms with van der Waals surface area (Å²) < 4.78 is 17.9. The molecule has 0 radical (unpaired) electrons. The van der Waals surface area contributed by atoms with Crippen molar-refractivity contribution in [3.8, 4) is 16.8 Å². The summed E-state index contributed by atoms with van der Waals surface area (Å²) in [5.41, 5.74) is 4.03. The Morgan fingerprint density at radius 3 is 2.72 bits per heavy atom. The zero-order valence-electron chi connectivity index (χ0n) is 27.5. The van der Waals surface area contributed by atoms with E-state index in [1.54, 1.807) is 61.5 Å². The number of carbonyl (C=O) groups excluding carboxylic acids is 3. The van der Waals surface area contributed by atoms with Crippen molar-refractivity contribution in [1.82, 2.24) is 25.5 Å². The van der Waals surface area contributed by atoms with Gasteiger partial charge in [-0.05, 0) is 72.2 Å². The molecule has 1 aliphatic heterocycles. The van der Waals surface area contributed by atoms with Crippen molar-refractivity contribution in [3.63, 3.8) is 0 Å². The van der Waals surface area contributed by atoms with Gasteiger partial charge in [-0.1, -0.05) is 30.5 Å². The number of methoxy groups -OCH3 is 1. The number of tetrazole rings is 1. The number of amides is 2. The van der Waals surface area contributed by atoms with E-state index in [-0.39, 0.29) is 19.8 Å². The minimum Gasteiger partial charge on any atom is -0.464 e. The fraction of sp³-hybridized carbons (Fsp3) is 0.324. The summed E-state index contributed by atoms with van der Waals surface area (Å²) in [5.74, 6) is -0.818. The molecule has 2 amide bonds. The van der Waals surface area contributed by atoms with Crippen LogP contribution in [-0.2, 0) is 23.8 Å². The predicted octanol–water partition coefficient (Wildman–Crippen LogP) is 4.49. The molecule has 262 valence electrons. The lowest BCUT2D eigenvalue weighted by atomic mass is 9.96. The van der Waals surface area contributed by atoms with Crippen LogP contribution in [0.25, 0.3) is 22.9 Å². The molecule has 0 saturated carbocycles. The number of nitrogens with one attached hydrogen (secondary N) is 3. The summed E-state index contributed by atoms with van der Waals surface area (Å²) in [6, 6.07) is 12.5. The lowest BCUT2D eigenvalue weighted by molar-refractivity contribution is -0.910. The number of nitrogens with zero attached hydrogens (tertiary/aromatic N) is 5. The lowest BCUT2D eigenvalue weighted by Gasteiger charge is -2.23. The van der Waals surface area contributed by atoms with Gasteiger partial charge >= 0.3 is 12.1 Å². The number of fused-ring (bicyclic) bond motifs is 4. The normalized spacial score (nSPS) is 15.9. The maximum absolute atomic E-state index is 13.4. The quantitative estimate of drug-likeness (QED) is 0.0600. The minimum absolute atomic E-state index is 0.0836. The summed E-state index contributed by atoms with van der Waals surface area (Å²) in [6.45, 7) is 2.30. The molecule has 4 N–H and O–H groups in total. The largest absolute Gasteiger partial charge is 0.464 e. The summed E-state index contributed by atoms with van der Waals surface area (Å²) in [6.07, 6.45) is 7.36. The van der Waals surface area contributed by atoms with E-state index in [0.717, 1.165) is 4.73 Å². The minimum atomic E-state index is -0.689. The Labute approximate surface area is 293 Å². The van der Waals surface area contributed by atoms with Gasteiger partial charge in [0.2, 0.25) is 12.1 Å². The maximum Gasteiger partial charge on any atom is 0.411 e. The molecule has 0 aliphatic carbocycles. The molecular formula is C34H38ClN8O7+. The Hall–Kier alpha value is -5.54. The second-order valence-electron chi connectivity index (χ2n) is 11.3. The molecule has 1 unspecified atom stereocenters. The third-order valence-electron chi connectivity index (χ3n) is 7.87. The molecular weight excluding hydrogens is 668 g/mol. The monoisotopic (exact) mass is 705 g/mol. The van der Waals surface area contributed by atoms with E-state index in [1.807, 2.05) is 0 Å². The van der Waals surface area contributed by atoms with Crippen molar-refractivity contribution in [2.24, 2.45) is 0 Å². The van der Waals surface area contributed by atoms with E-state index >= 15 is 0 Å². The Kier molecular flexibility index (Phi) is 12.3. The lowest BCUT2D eigenvalue weighted by Crippen LogP contribution is -2.41. The zero-order chi connectivity index (χ0) is 35.5. The van der Waals surface area contributed by atoms with Crippen LogP contribution in [-0.4, -0.2) is 76.4 Å². The summed E-state index contributed by atoms with van der Waals surface area (Å²) in [5, 5.41) is 31.8. The molecule has 2 aromatic heterocycles. The molecule has 16 heteroatoms. The third-order valence-corrected chi connectivity index (χ3v) is 8.11. The van der Waals surface area contributed by atoms with Crippen LogP contribution in [0.5, 0.6) is 0 Å². The zero-order valence-corrected chi connectivity index (χ0v) is 28.3. The molecule has 2 aromatic carbocycles. The molecule has 15 nitrogen and oxygen atoms in total. The van der Waals surface area contributed by atoms with Gasteiger partial charge in [0.15, 0.2) is 0 Å². The highest BCUT2D eigenvalue weighted by Crippen LogP contribution is 2.34. The van der Waals surface area contributed by atoms with Gasteiger partial charge in [-0.2, -0.15) is 4.68 Å². The van der Waals surface area contributed by atoms with Gasteiger partial charge in [-0.25, -0.2) is 9.59 Å². The molecule has 50 heavy (non-hydrogen) atoms. The summed E-state index contributed by atoms with van der Waals surface area (Å²) in [4.78, 5) is 38.8. The number of ether oxygens (including phenoxy) is 3. The van der Waals surface area contributed by atoms with E-state index < -0.39 is 30.1 Å². The Morgan fingerprint density at radius 1 is 1.10 bits per heavy atom. The predicted molar refractivity (Wildman–Crippen MR) is 183 cm³/mol. The number of halogens is 1. The average molecular weight is 706 g/mol. The van der Waals surface area contributed by atoms with Gasteiger partial charge in [-0.15, -0.1) is 5.10 Å². The molecule has 0 spiro atoms. The van der Waals surface area contributed by atoms with Crippen LogP contribution in [0.4, 0.5) is 16.2 Å². The van der Waals surface area contributed by atoms with Crippen LogP contribution < -0.4 is 20.7 Å². The van der Waals surface area contributed by atoms with E-state index in [2.05, 4.69) is 31.5 Å². The van der Waals surface area contributed by atoms with E-state index in [1.165, 1.54) is 30.4 Å². The first-order valence-electron chi connectivity index (χ1n) is 16.0. The molecule has 1 aliphatic rings. The second kappa shape index (κ2) is 17.2. The van der Waals surface area contributed by atoms with Gasteiger partial charge in [0.25, 0.3) is 5.69 Å². The first kappa shape index (κ1) is 35.8. The number of anilines is 2. The van der Waals surface area contributed by atoms with Gasteiger partial charge in [0.1, 0.15) is 25.0 Å². The third kappa shape index (κ3) is 9.33. The molecule has 5 rings (SSSR count). The van der Waals surface area contributed by atoms with Crippen LogP contribution in [0.15, 0.2) is 67.1 Å². The van der Waals surface area contributed by atoms with Crippen molar-refractivity contribution >= 4 is 47.0 Å². The van der Waals surface area contributed by atoms with Crippen molar-refractivity contribution in [3.05, 3.63) is 83.4 Å². The molecule has 2 atom stereocenters. The topological polar surface area (TPSA) is 183 Å². The van der Waals surface area contributed by atoms with E-state index in [9.17, 15) is 19.6 Å². The number of hydrogen-bond donors (Lipinski definition) is 4. The number of carbonyl (C=O) groups is 3. The number of benzene rings is 2. The number of rotatable bonds is 10. The van der Waals surface area contributed by atoms with Gasteiger partial charge in [-0.3, -0.25) is 15.3 Å². The smallest absolute Gasteiger partial charge is 0.411 e. The highest BCUT2D eigenvalue weighted by molar-refractivity contribution is 6.30. The fourth-order valence-electron chi connectivity index (χ4n) is 5.50. The Balaban J connectivity index is 1.45. The molecule has 3 heterocycles. The molecule has 0 saturated heterocycles. The van der Waals surface area contributed by atoms with Gasteiger partial charge in [0.05, 0.1) is 18.9 Å². The number of pyridine rings is 1. The highest BCUT2D eigenvalue weighted by Gasteiger charge is 2.28. The number of esters is 1. The maximum atomic E-state index is 13.4. The van der Waals surface area contributed by atoms with Gasteiger partial charge in [0, 0.05) is 57.6 Å². The van der Waals surface area contributed by atoms with Crippen molar-refractivity contribution in [1.29, 1.82) is 0 Å². The Bertz CT molecular complexity index is 1840. The van der Waals surface area contributed by atoms with Crippen molar-refractivity contribution < 1.29 is 38.5 Å². The molecule has 2 bridgehead atoms. The Morgan fingerprint density at radius 2 is 1.94 bits per heavy atom. The van der Waals surface area contributed by atoms with Crippen LogP contribution in [0, 0.1) is 0 Å². The standard InChI is InChI=1S/C34H37ClN8O7/c1-3-49-33(45)28-7-5-4-6-27(39-32(44)13-8-23-18-24(35)9-12-30(23)42-21-36-40-41-42)31-19-22(14-15-43(31)47)26-11-10-25(20-29(26)38-28)37-34(46)50-17-16-48-2/h8-15,18-21,27-28,47H,3-7,16-17H2,1-2H3,(H2,37,38,39,44,46)/p+1/b13-8+,26-22?/t27?,28-/m1/s1.